The van der Waals surface area contributed by atoms with Crippen LogP contribution in [-0.2, 0) is 14.8 Å². The van der Waals surface area contributed by atoms with E-state index in [1.807, 2.05) is 6.92 Å². The summed E-state index contributed by atoms with van der Waals surface area (Å²) in [5.74, 6) is -3.60. The van der Waals surface area contributed by atoms with E-state index < -0.39 is 38.6 Å². The molecule has 8 heteroatoms. The maximum atomic E-state index is 13.2. The minimum atomic E-state index is -4.17. The molecule has 21 heavy (non-hydrogen) atoms. The Hall–Kier alpha value is -1.54. The summed E-state index contributed by atoms with van der Waals surface area (Å²) < 4.78 is 51.9. The molecule has 1 aromatic carbocycles. The number of carbonyl (C=O) groups is 1. The van der Waals surface area contributed by atoms with Gasteiger partial charge in [0.25, 0.3) is 0 Å². The maximum Gasteiger partial charge on any atom is 0.322 e. The average molecular weight is 319 g/mol. The standard InChI is InChI=1S/C13H15F2NO4S/c1-8-4-5-16(12(6-8)13(17)18)21(19,20)9-2-3-10(14)11(15)7-9/h2-3,7-8,12H,4-6H2,1H3,(H,17,18). The van der Waals surface area contributed by atoms with E-state index >= 15 is 0 Å². The Morgan fingerprint density at radius 3 is 2.57 bits per heavy atom. The number of hydrogen-bond donors (Lipinski definition) is 1. The fraction of sp³-hybridized carbons (Fsp3) is 0.462. The van der Waals surface area contributed by atoms with Gasteiger partial charge in [-0.15, -0.1) is 0 Å². The summed E-state index contributed by atoms with van der Waals surface area (Å²) in [5.41, 5.74) is 0. The predicted molar refractivity (Wildman–Crippen MR) is 70.1 cm³/mol. The average Bonchev–Trinajstić information content (AvgIpc) is 2.41. The van der Waals surface area contributed by atoms with E-state index in [0.717, 1.165) is 10.4 Å². The number of hydrogen-bond acceptors (Lipinski definition) is 3. The summed E-state index contributed by atoms with van der Waals surface area (Å²) in [5, 5.41) is 9.20. The molecular weight excluding hydrogens is 304 g/mol. The van der Waals surface area contributed by atoms with Crippen LogP contribution in [0.5, 0.6) is 0 Å². The Morgan fingerprint density at radius 2 is 2.00 bits per heavy atom. The summed E-state index contributed by atoms with van der Waals surface area (Å²) in [6.45, 7) is 1.89. The number of piperidine rings is 1. The number of aliphatic carboxylic acids is 1. The van der Waals surface area contributed by atoms with Crippen molar-refractivity contribution in [1.29, 1.82) is 0 Å². The Bertz CT molecular complexity index is 662. The van der Waals surface area contributed by atoms with Crippen LogP contribution in [0.1, 0.15) is 19.8 Å². The molecule has 1 aromatic rings. The molecule has 2 rings (SSSR count). The van der Waals surface area contributed by atoms with E-state index in [9.17, 15) is 27.1 Å². The quantitative estimate of drug-likeness (QED) is 0.922. The first kappa shape index (κ1) is 15.8. The second-order valence-electron chi connectivity index (χ2n) is 5.18. The highest BCUT2D eigenvalue weighted by Crippen LogP contribution is 2.29. The van der Waals surface area contributed by atoms with Crippen LogP contribution in [0.3, 0.4) is 0 Å². The van der Waals surface area contributed by atoms with E-state index in [1.165, 1.54) is 0 Å². The van der Waals surface area contributed by atoms with Crippen molar-refractivity contribution in [3.8, 4) is 0 Å². The normalized spacial score (nSPS) is 24.0. The van der Waals surface area contributed by atoms with Crippen LogP contribution in [0, 0.1) is 17.6 Å². The van der Waals surface area contributed by atoms with E-state index in [4.69, 9.17) is 0 Å². The van der Waals surface area contributed by atoms with Crippen molar-refractivity contribution in [3.05, 3.63) is 29.8 Å². The highest BCUT2D eigenvalue weighted by Gasteiger charge is 2.39. The topological polar surface area (TPSA) is 74.7 Å². The summed E-state index contributed by atoms with van der Waals surface area (Å²) in [6, 6.07) is 1.03. The maximum absolute atomic E-state index is 13.2. The Morgan fingerprint density at radius 1 is 1.33 bits per heavy atom. The molecule has 1 N–H and O–H groups in total. The van der Waals surface area contributed by atoms with Crippen molar-refractivity contribution >= 4 is 16.0 Å². The zero-order valence-electron chi connectivity index (χ0n) is 11.3. The molecule has 1 fully saturated rings. The zero-order valence-corrected chi connectivity index (χ0v) is 12.1. The Kier molecular flexibility index (Phi) is 4.29. The summed E-state index contributed by atoms with van der Waals surface area (Å²) >= 11 is 0. The Balaban J connectivity index is 2.41. The van der Waals surface area contributed by atoms with Gasteiger partial charge >= 0.3 is 5.97 Å². The fourth-order valence-electron chi connectivity index (χ4n) is 2.40. The summed E-state index contributed by atoms with van der Waals surface area (Å²) in [4.78, 5) is 10.8. The summed E-state index contributed by atoms with van der Waals surface area (Å²) in [7, 11) is -4.17. The largest absolute Gasteiger partial charge is 0.480 e. The molecule has 0 saturated carbocycles. The molecule has 0 radical (unpaired) electrons. The van der Waals surface area contributed by atoms with Crippen molar-refractivity contribution in [3.63, 3.8) is 0 Å². The number of halogens is 2. The van der Waals surface area contributed by atoms with E-state index in [0.29, 0.717) is 18.6 Å². The molecule has 1 aliphatic heterocycles. The van der Waals surface area contributed by atoms with Crippen LogP contribution in [0.2, 0.25) is 0 Å². The molecule has 5 nitrogen and oxygen atoms in total. The molecule has 116 valence electrons. The first-order valence-corrected chi connectivity index (χ1v) is 7.87. The van der Waals surface area contributed by atoms with Gasteiger partial charge in [0.1, 0.15) is 6.04 Å². The summed E-state index contributed by atoms with van der Waals surface area (Å²) in [6.07, 6.45) is 0.713. The van der Waals surface area contributed by atoms with Gasteiger partial charge < -0.3 is 5.11 Å². The lowest BCUT2D eigenvalue weighted by atomic mass is 9.94. The predicted octanol–water partition coefficient (Wildman–Crippen LogP) is 1.84. The third kappa shape index (κ3) is 3.06. The van der Waals surface area contributed by atoms with Crippen molar-refractivity contribution in [2.24, 2.45) is 5.92 Å². The van der Waals surface area contributed by atoms with Gasteiger partial charge in [-0.1, -0.05) is 6.92 Å². The molecule has 0 aliphatic carbocycles. The lowest BCUT2D eigenvalue weighted by Crippen LogP contribution is -2.49. The van der Waals surface area contributed by atoms with E-state index in [-0.39, 0.29) is 18.9 Å². The second kappa shape index (κ2) is 5.69. The van der Waals surface area contributed by atoms with Crippen molar-refractivity contribution < 1.29 is 27.1 Å². The zero-order chi connectivity index (χ0) is 15.8. The molecule has 0 spiro atoms. The monoisotopic (exact) mass is 319 g/mol. The van der Waals surface area contributed by atoms with Crippen molar-refractivity contribution in [2.75, 3.05) is 6.54 Å². The van der Waals surface area contributed by atoms with Crippen LogP contribution in [-0.4, -0.2) is 36.4 Å². The molecule has 0 amide bonds. The number of carboxylic acids is 1. The molecule has 2 atom stereocenters. The molecule has 2 unspecified atom stereocenters. The van der Waals surface area contributed by atoms with Crippen LogP contribution in [0.4, 0.5) is 8.78 Å². The Labute approximate surface area is 121 Å². The molecule has 1 saturated heterocycles. The molecule has 1 aliphatic rings. The third-order valence-electron chi connectivity index (χ3n) is 3.60. The van der Waals surface area contributed by atoms with Gasteiger partial charge in [-0.2, -0.15) is 4.31 Å². The van der Waals surface area contributed by atoms with Gasteiger partial charge in [-0.3, -0.25) is 4.79 Å². The number of benzene rings is 1. The van der Waals surface area contributed by atoms with Gasteiger partial charge in [-0.05, 0) is 37.0 Å². The second-order valence-corrected chi connectivity index (χ2v) is 7.07. The fourth-order valence-corrected chi connectivity index (χ4v) is 4.02. The minimum absolute atomic E-state index is 0.0411. The number of nitrogens with zero attached hydrogens (tertiary/aromatic N) is 1. The molecule has 0 aromatic heterocycles. The number of rotatable bonds is 3. The van der Waals surface area contributed by atoms with Gasteiger partial charge in [0.2, 0.25) is 10.0 Å². The third-order valence-corrected chi connectivity index (χ3v) is 5.50. The first-order valence-electron chi connectivity index (χ1n) is 6.43. The van der Waals surface area contributed by atoms with E-state index in [1.54, 1.807) is 0 Å². The SMILES string of the molecule is CC1CCN(S(=O)(=O)c2ccc(F)c(F)c2)C(C(=O)O)C1. The van der Waals surface area contributed by atoms with Crippen molar-refractivity contribution in [1.82, 2.24) is 4.31 Å². The minimum Gasteiger partial charge on any atom is -0.480 e. The van der Waals surface area contributed by atoms with Crippen LogP contribution >= 0.6 is 0 Å². The van der Waals surface area contributed by atoms with E-state index in [2.05, 4.69) is 0 Å². The van der Waals surface area contributed by atoms with Crippen LogP contribution < -0.4 is 0 Å². The van der Waals surface area contributed by atoms with Gasteiger partial charge in [0.05, 0.1) is 4.90 Å². The van der Waals surface area contributed by atoms with Crippen LogP contribution in [0.15, 0.2) is 23.1 Å². The molecule has 0 bridgehead atoms. The lowest BCUT2D eigenvalue weighted by Gasteiger charge is -2.34. The number of carboxylic acid groups (broad SMARTS) is 1. The van der Waals surface area contributed by atoms with Gasteiger partial charge in [-0.25, -0.2) is 17.2 Å². The molecule has 1 heterocycles. The highest BCUT2D eigenvalue weighted by molar-refractivity contribution is 7.89. The smallest absolute Gasteiger partial charge is 0.322 e. The van der Waals surface area contributed by atoms with Gasteiger partial charge in [0, 0.05) is 6.54 Å². The van der Waals surface area contributed by atoms with Crippen molar-refractivity contribution in [2.45, 2.75) is 30.7 Å². The van der Waals surface area contributed by atoms with Gasteiger partial charge in [0.15, 0.2) is 11.6 Å². The first-order chi connectivity index (χ1) is 9.73. The lowest BCUT2D eigenvalue weighted by molar-refractivity contribution is -0.143. The highest BCUT2D eigenvalue weighted by atomic mass is 32.2. The van der Waals surface area contributed by atoms with Crippen LogP contribution in [0.25, 0.3) is 0 Å². The number of sulfonamides is 1. The molecular formula is C13H15F2NO4S.